The lowest BCUT2D eigenvalue weighted by atomic mass is 9.77. The summed E-state index contributed by atoms with van der Waals surface area (Å²) in [6, 6.07) is 8.33. The van der Waals surface area contributed by atoms with Gasteiger partial charge in [-0.05, 0) is 87.7 Å². The fraction of sp³-hybridized carbons (Fsp3) is 0.412. The SMILES string of the molecule is CC(=O)c1ccc2c(c1)[C@@H](CC(=O)C[C@@H]1CCc3cc(C(O)(C(F)(F)F)C(F)(F)F)ccc3N1S(=O)(=O)c1ccc(F)cc1)[C@H](O)C(C)(C)O2. The fourth-order valence-corrected chi connectivity index (χ4v) is 8.26. The minimum atomic E-state index is -6.18. The van der Waals surface area contributed by atoms with Gasteiger partial charge in [-0.25, -0.2) is 12.8 Å². The van der Waals surface area contributed by atoms with E-state index in [-0.39, 0.29) is 36.3 Å². The second-order valence-corrected chi connectivity index (χ2v) is 14.8. The average Bonchev–Trinajstić information content (AvgIpc) is 3.01. The van der Waals surface area contributed by atoms with Crippen molar-refractivity contribution in [2.45, 2.75) is 93.0 Å². The number of ether oxygens (including phenoxy) is 1. The lowest BCUT2D eigenvalue weighted by molar-refractivity contribution is -0.376. The topological polar surface area (TPSA) is 121 Å². The highest BCUT2D eigenvalue weighted by molar-refractivity contribution is 7.92. The zero-order valence-corrected chi connectivity index (χ0v) is 27.6. The number of sulfonamides is 1. The first-order valence-electron chi connectivity index (χ1n) is 15.3. The van der Waals surface area contributed by atoms with E-state index in [0.29, 0.717) is 39.4 Å². The van der Waals surface area contributed by atoms with Crippen LogP contribution >= 0.6 is 0 Å². The molecule has 0 saturated carbocycles. The fourth-order valence-electron chi connectivity index (χ4n) is 6.54. The first kappa shape index (κ1) is 37.2. The quantitative estimate of drug-likeness (QED) is 0.200. The third-order valence-corrected chi connectivity index (χ3v) is 11.1. The minimum absolute atomic E-state index is 0.244. The predicted molar refractivity (Wildman–Crippen MR) is 165 cm³/mol. The number of hydrogen-bond acceptors (Lipinski definition) is 7. The van der Waals surface area contributed by atoms with Crippen molar-refractivity contribution in [3.63, 3.8) is 0 Å². The van der Waals surface area contributed by atoms with Gasteiger partial charge in [-0.15, -0.1) is 0 Å². The number of hydrogen-bond donors (Lipinski definition) is 2. The van der Waals surface area contributed by atoms with Crippen molar-refractivity contribution in [2.75, 3.05) is 4.31 Å². The van der Waals surface area contributed by atoms with E-state index in [4.69, 9.17) is 4.74 Å². The molecule has 2 aliphatic heterocycles. The Bertz CT molecular complexity index is 1910. The number of Topliss-reactive ketones (excluding diaryl/α,β-unsaturated/α-hetero) is 2. The molecule has 0 radical (unpaired) electrons. The van der Waals surface area contributed by atoms with Crippen molar-refractivity contribution < 1.29 is 63.7 Å². The monoisotopic (exact) mass is 731 g/mol. The van der Waals surface area contributed by atoms with Crippen molar-refractivity contribution >= 4 is 27.3 Å². The maximum absolute atomic E-state index is 14.0. The van der Waals surface area contributed by atoms with Gasteiger partial charge in [0, 0.05) is 35.4 Å². The number of aliphatic hydroxyl groups excluding tert-OH is 1. The highest BCUT2D eigenvalue weighted by atomic mass is 32.2. The number of aliphatic hydroxyl groups is 2. The molecule has 0 unspecified atom stereocenters. The molecule has 5 rings (SSSR count). The molecule has 0 amide bonds. The molecule has 16 heteroatoms. The molecule has 50 heavy (non-hydrogen) atoms. The number of alkyl halides is 6. The van der Waals surface area contributed by atoms with E-state index < -0.39 is 80.1 Å². The smallest absolute Gasteiger partial charge is 0.430 e. The molecule has 2 heterocycles. The van der Waals surface area contributed by atoms with Crippen LogP contribution in [0.15, 0.2) is 65.6 Å². The van der Waals surface area contributed by atoms with Crippen LogP contribution in [-0.4, -0.2) is 60.3 Å². The lowest BCUT2D eigenvalue weighted by Crippen LogP contribution is -2.54. The zero-order valence-electron chi connectivity index (χ0n) is 26.8. The van der Waals surface area contributed by atoms with Crippen LogP contribution in [0, 0.1) is 5.82 Å². The second kappa shape index (κ2) is 12.6. The van der Waals surface area contributed by atoms with Crippen molar-refractivity contribution in [2.24, 2.45) is 0 Å². The number of carbonyl (C=O) groups excluding carboxylic acids is 2. The molecule has 0 aromatic heterocycles. The lowest BCUT2D eigenvalue weighted by Gasteiger charge is -2.42. The summed E-state index contributed by atoms with van der Waals surface area (Å²) >= 11 is 0. The highest BCUT2D eigenvalue weighted by Gasteiger charge is 2.71. The number of nitrogens with zero attached hydrogens (tertiary/aromatic N) is 1. The van der Waals surface area contributed by atoms with E-state index in [1.54, 1.807) is 19.9 Å². The molecule has 2 N–H and O–H groups in total. The van der Waals surface area contributed by atoms with Crippen LogP contribution in [0.2, 0.25) is 0 Å². The molecule has 3 aromatic rings. The molecule has 3 aromatic carbocycles. The standard InChI is InChI=1S/C34H32F7NO7S/c1-18(43)19-5-13-29-26(15-19)27(30(45)31(2,3)49-29)17-24(44)16-23-9-4-20-14-21(32(46,33(36,37)38)34(39,40)41)6-12-28(20)42(23)50(47,48)25-10-7-22(35)8-11-25/h5-8,10-15,23,27,30,45-46H,4,9,16-17H2,1-3H3/t23-,27+,30-/m0/s1. The third kappa shape index (κ3) is 6.48. The van der Waals surface area contributed by atoms with Gasteiger partial charge in [-0.3, -0.25) is 13.9 Å². The van der Waals surface area contributed by atoms with E-state index in [9.17, 15) is 59.0 Å². The highest BCUT2D eigenvalue weighted by Crippen LogP contribution is 2.51. The zero-order chi connectivity index (χ0) is 37.2. The minimum Gasteiger partial charge on any atom is -0.485 e. The number of ketones is 2. The summed E-state index contributed by atoms with van der Waals surface area (Å²) in [6.45, 7) is 4.52. The van der Waals surface area contributed by atoms with Crippen LogP contribution < -0.4 is 9.04 Å². The Kier molecular flexibility index (Phi) is 9.41. The normalized spacial score (nSPS) is 20.8. The molecule has 0 saturated heterocycles. The van der Waals surface area contributed by atoms with Crippen LogP contribution in [0.4, 0.5) is 36.4 Å². The van der Waals surface area contributed by atoms with E-state index in [0.717, 1.165) is 24.3 Å². The number of carbonyl (C=O) groups is 2. The number of aryl methyl sites for hydroxylation is 1. The van der Waals surface area contributed by atoms with Gasteiger partial charge in [0.2, 0.25) is 0 Å². The van der Waals surface area contributed by atoms with Gasteiger partial charge in [0.05, 0.1) is 16.6 Å². The number of benzene rings is 3. The van der Waals surface area contributed by atoms with Gasteiger partial charge in [0.25, 0.3) is 15.6 Å². The summed E-state index contributed by atoms with van der Waals surface area (Å²) in [5, 5.41) is 21.2. The van der Waals surface area contributed by atoms with E-state index in [1.165, 1.54) is 19.1 Å². The summed E-state index contributed by atoms with van der Waals surface area (Å²) in [5.41, 5.74) is -7.97. The number of halogens is 7. The van der Waals surface area contributed by atoms with Crippen LogP contribution in [-0.2, 0) is 26.8 Å². The summed E-state index contributed by atoms with van der Waals surface area (Å²) < 4.78 is 131. The first-order valence-corrected chi connectivity index (χ1v) is 16.8. The number of anilines is 1. The summed E-state index contributed by atoms with van der Waals surface area (Å²) in [5.74, 6) is -2.21. The van der Waals surface area contributed by atoms with Gasteiger partial charge in [0.1, 0.15) is 29.1 Å². The Morgan fingerprint density at radius 2 is 1.56 bits per heavy atom. The van der Waals surface area contributed by atoms with Crippen molar-refractivity contribution in [3.8, 4) is 5.75 Å². The Labute approximate surface area is 282 Å². The molecule has 2 aliphatic rings. The third-order valence-electron chi connectivity index (χ3n) is 9.20. The Morgan fingerprint density at radius 1 is 0.940 bits per heavy atom. The molecule has 0 spiro atoms. The maximum Gasteiger partial charge on any atom is 0.430 e. The molecule has 0 bridgehead atoms. The van der Waals surface area contributed by atoms with Crippen LogP contribution in [0.25, 0.3) is 0 Å². The Hall–Kier alpha value is -4.02. The van der Waals surface area contributed by atoms with Crippen LogP contribution in [0.3, 0.4) is 0 Å². The number of rotatable bonds is 8. The largest absolute Gasteiger partial charge is 0.485 e. The van der Waals surface area contributed by atoms with Crippen molar-refractivity contribution in [3.05, 3.63) is 88.7 Å². The molecule has 0 fully saturated rings. The molecule has 8 nitrogen and oxygen atoms in total. The summed E-state index contributed by atoms with van der Waals surface area (Å²) in [6.07, 6.45) is -15.0. The van der Waals surface area contributed by atoms with E-state index >= 15 is 0 Å². The summed E-state index contributed by atoms with van der Waals surface area (Å²) in [7, 11) is -4.72. The molecule has 3 atom stereocenters. The molecular formula is C34H32F7NO7S. The maximum atomic E-state index is 14.0. The average molecular weight is 732 g/mol. The Morgan fingerprint density at radius 3 is 2.14 bits per heavy atom. The van der Waals surface area contributed by atoms with E-state index in [2.05, 4.69) is 0 Å². The predicted octanol–water partition coefficient (Wildman–Crippen LogP) is 6.52. The van der Waals surface area contributed by atoms with Crippen LogP contribution in [0.1, 0.15) is 73.0 Å². The van der Waals surface area contributed by atoms with Gasteiger partial charge in [-0.1, -0.05) is 12.1 Å². The van der Waals surface area contributed by atoms with Gasteiger partial charge in [0.15, 0.2) is 5.78 Å². The Balaban J connectivity index is 1.55. The van der Waals surface area contributed by atoms with E-state index in [1.807, 2.05) is 0 Å². The molecule has 270 valence electrons. The van der Waals surface area contributed by atoms with Crippen LogP contribution in [0.5, 0.6) is 5.75 Å². The molecular weight excluding hydrogens is 699 g/mol. The number of fused-ring (bicyclic) bond motifs is 2. The molecule has 0 aliphatic carbocycles. The van der Waals surface area contributed by atoms with Gasteiger partial charge < -0.3 is 14.9 Å². The second-order valence-electron chi connectivity index (χ2n) is 13.0. The first-order chi connectivity index (χ1) is 23.0. The van der Waals surface area contributed by atoms with Crippen molar-refractivity contribution in [1.29, 1.82) is 0 Å². The van der Waals surface area contributed by atoms with Gasteiger partial charge >= 0.3 is 12.4 Å². The summed E-state index contributed by atoms with van der Waals surface area (Å²) in [4.78, 5) is 25.4. The van der Waals surface area contributed by atoms with Crippen molar-refractivity contribution in [1.82, 2.24) is 0 Å². The van der Waals surface area contributed by atoms with Gasteiger partial charge in [-0.2, -0.15) is 26.3 Å².